The SMILES string of the molecule is O=C(NC1CCCCC1)[C@H](c1ccco1)N(Cc1ccc(F)cc1)C(=O)Cc1cccs1. The van der Waals surface area contributed by atoms with Crippen molar-refractivity contribution in [2.24, 2.45) is 0 Å². The first kappa shape index (κ1) is 22.3. The molecule has 1 atom stereocenters. The van der Waals surface area contributed by atoms with Gasteiger partial charge in [0, 0.05) is 17.5 Å². The number of thiophene rings is 1. The zero-order valence-electron chi connectivity index (χ0n) is 17.8. The van der Waals surface area contributed by atoms with Gasteiger partial charge in [0.25, 0.3) is 5.91 Å². The van der Waals surface area contributed by atoms with Gasteiger partial charge in [-0.25, -0.2) is 4.39 Å². The Morgan fingerprint density at radius 1 is 1.09 bits per heavy atom. The summed E-state index contributed by atoms with van der Waals surface area (Å²) >= 11 is 1.50. The molecule has 0 unspecified atom stereocenters. The van der Waals surface area contributed by atoms with Gasteiger partial charge < -0.3 is 14.6 Å². The highest BCUT2D eigenvalue weighted by Crippen LogP contribution is 2.27. The molecule has 1 aromatic carbocycles. The van der Waals surface area contributed by atoms with Crippen molar-refractivity contribution in [3.05, 3.63) is 82.2 Å². The van der Waals surface area contributed by atoms with Gasteiger partial charge in [-0.05, 0) is 54.1 Å². The molecule has 4 rings (SSSR count). The second-order valence-corrected chi connectivity index (χ2v) is 9.20. The maximum atomic E-state index is 13.5. The molecular weight excluding hydrogens is 427 g/mol. The van der Waals surface area contributed by atoms with E-state index in [0.717, 1.165) is 36.1 Å². The smallest absolute Gasteiger partial charge is 0.250 e. The van der Waals surface area contributed by atoms with Crippen molar-refractivity contribution in [1.82, 2.24) is 10.2 Å². The molecule has 32 heavy (non-hydrogen) atoms. The monoisotopic (exact) mass is 454 g/mol. The van der Waals surface area contributed by atoms with E-state index in [0.29, 0.717) is 5.76 Å². The summed E-state index contributed by atoms with van der Waals surface area (Å²) in [6.07, 6.45) is 6.95. The summed E-state index contributed by atoms with van der Waals surface area (Å²) < 4.78 is 19.1. The zero-order valence-corrected chi connectivity index (χ0v) is 18.7. The average molecular weight is 455 g/mol. The lowest BCUT2D eigenvalue weighted by Crippen LogP contribution is -2.47. The minimum Gasteiger partial charge on any atom is -0.467 e. The Labute approximate surface area is 191 Å². The van der Waals surface area contributed by atoms with Gasteiger partial charge in [-0.15, -0.1) is 11.3 Å². The van der Waals surface area contributed by atoms with E-state index in [2.05, 4.69) is 5.32 Å². The molecule has 3 aromatic rings. The largest absolute Gasteiger partial charge is 0.467 e. The number of carbonyl (C=O) groups is 2. The van der Waals surface area contributed by atoms with Crippen molar-refractivity contribution in [3.63, 3.8) is 0 Å². The zero-order chi connectivity index (χ0) is 22.3. The standard InChI is InChI=1S/C25H27FN2O3S/c26-19-12-10-18(11-13-19)17-28(23(29)16-21-8-5-15-32-21)24(22-9-4-14-31-22)25(30)27-20-6-2-1-3-7-20/h4-5,8-15,20,24H,1-3,6-7,16-17H2,(H,27,30)/t24-/m0/s1. The molecule has 0 bridgehead atoms. The summed E-state index contributed by atoms with van der Waals surface area (Å²) in [7, 11) is 0. The van der Waals surface area contributed by atoms with Crippen LogP contribution >= 0.6 is 11.3 Å². The Morgan fingerprint density at radius 3 is 2.53 bits per heavy atom. The van der Waals surface area contributed by atoms with Gasteiger partial charge in [0.2, 0.25) is 5.91 Å². The third-order valence-electron chi connectivity index (χ3n) is 5.82. The number of carbonyl (C=O) groups excluding carboxylic acids is 2. The number of nitrogens with one attached hydrogen (secondary N) is 1. The van der Waals surface area contributed by atoms with E-state index >= 15 is 0 Å². The van der Waals surface area contributed by atoms with E-state index < -0.39 is 6.04 Å². The number of hydrogen-bond donors (Lipinski definition) is 1. The predicted molar refractivity (Wildman–Crippen MR) is 121 cm³/mol. The fraction of sp³-hybridized carbons (Fsp3) is 0.360. The van der Waals surface area contributed by atoms with Crippen LogP contribution in [0.15, 0.2) is 64.6 Å². The molecule has 1 N–H and O–H groups in total. The Morgan fingerprint density at radius 2 is 1.88 bits per heavy atom. The molecule has 168 valence electrons. The van der Waals surface area contributed by atoms with Crippen LogP contribution in [0.25, 0.3) is 0 Å². The summed E-state index contributed by atoms with van der Waals surface area (Å²) in [5.41, 5.74) is 0.743. The number of halogens is 1. The second-order valence-electron chi connectivity index (χ2n) is 8.17. The second kappa shape index (κ2) is 10.6. The van der Waals surface area contributed by atoms with Gasteiger partial charge in [0.05, 0.1) is 12.7 Å². The molecule has 7 heteroatoms. The van der Waals surface area contributed by atoms with Gasteiger partial charge in [0.15, 0.2) is 6.04 Å². The molecule has 1 aliphatic rings. The molecule has 5 nitrogen and oxygen atoms in total. The normalized spacial score (nSPS) is 15.3. The fourth-order valence-electron chi connectivity index (χ4n) is 4.17. The molecule has 2 heterocycles. The topological polar surface area (TPSA) is 62.6 Å². The van der Waals surface area contributed by atoms with E-state index in [9.17, 15) is 14.0 Å². The quantitative estimate of drug-likeness (QED) is 0.506. The molecule has 0 spiro atoms. The van der Waals surface area contributed by atoms with E-state index in [1.165, 1.54) is 36.2 Å². The van der Waals surface area contributed by atoms with Crippen molar-refractivity contribution in [3.8, 4) is 0 Å². The lowest BCUT2D eigenvalue weighted by Gasteiger charge is -2.32. The highest BCUT2D eigenvalue weighted by molar-refractivity contribution is 7.10. The Bertz CT molecular complexity index is 997. The minimum absolute atomic E-state index is 0.105. The van der Waals surface area contributed by atoms with Gasteiger partial charge >= 0.3 is 0 Å². The number of nitrogens with zero attached hydrogens (tertiary/aromatic N) is 1. The number of rotatable bonds is 8. The Hall–Kier alpha value is -2.93. The average Bonchev–Trinajstić information content (AvgIpc) is 3.50. The summed E-state index contributed by atoms with van der Waals surface area (Å²) in [5.74, 6) is -0.353. The molecule has 2 amide bonds. The van der Waals surface area contributed by atoms with Crippen molar-refractivity contribution >= 4 is 23.2 Å². The van der Waals surface area contributed by atoms with Crippen LogP contribution < -0.4 is 5.32 Å². The Balaban J connectivity index is 1.63. The van der Waals surface area contributed by atoms with Gasteiger partial charge in [-0.3, -0.25) is 9.59 Å². The molecule has 1 fully saturated rings. The van der Waals surface area contributed by atoms with Gasteiger partial charge in [-0.2, -0.15) is 0 Å². The minimum atomic E-state index is -0.899. The predicted octanol–water partition coefficient (Wildman–Crippen LogP) is 5.24. The third-order valence-corrected chi connectivity index (χ3v) is 6.69. The van der Waals surface area contributed by atoms with Crippen LogP contribution in [-0.2, 0) is 22.6 Å². The first-order valence-electron chi connectivity index (χ1n) is 11.0. The van der Waals surface area contributed by atoms with E-state index in [1.54, 1.807) is 29.2 Å². The van der Waals surface area contributed by atoms with Crippen LogP contribution in [-0.4, -0.2) is 22.8 Å². The number of furan rings is 1. The van der Waals surface area contributed by atoms with Gasteiger partial charge in [-0.1, -0.05) is 37.5 Å². The molecule has 1 aliphatic carbocycles. The molecule has 0 radical (unpaired) electrons. The number of amides is 2. The maximum Gasteiger partial charge on any atom is 0.250 e. The summed E-state index contributed by atoms with van der Waals surface area (Å²) in [5, 5.41) is 5.07. The molecule has 1 saturated carbocycles. The Kier molecular flexibility index (Phi) is 7.37. The lowest BCUT2D eigenvalue weighted by molar-refractivity contribution is -0.142. The van der Waals surface area contributed by atoms with Crippen LogP contribution in [0.3, 0.4) is 0 Å². The summed E-state index contributed by atoms with van der Waals surface area (Å²) in [4.78, 5) is 29.4. The molecule has 2 aromatic heterocycles. The first-order chi connectivity index (χ1) is 15.6. The van der Waals surface area contributed by atoms with Crippen LogP contribution in [0.2, 0.25) is 0 Å². The highest BCUT2D eigenvalue weighted by Gasteiger charge is 2.35. The lowest BCUT2D eigenvalue weighted by atomic mass is 9.95. The maximum absolute atomic E-state index is 13.5. The summed E-state index contributed by atoms with van der Waals surface area (Å²) in [6, 6.07) is 12.5. The van der Waals surface area contributed by atoms with Crippen LogP contribution in [0.1, 0.15) is 54.3 Å². The van der Waals surface area contributed by atoms with Crippen molar-refractivity contribution in [1.29, 1.82) is 0 Å². The van der Waals surface area contributed by atoms with Crippen LogP contribution in [0.5, 0.6) is 0 Å². The fourth-order valence-corrected chi connectivity index (χ4v) is 4.87. The van der Waals surface area contributed by atoms with Crippen LogP contribution in [0, 0.1) is 5.82 Å². The van der Waals surface area contributed by atoms with E-state index in [-0.39, 0.29) is 36.6 Å². The summed E-state index contributed by atoms with van der Waals surface area (Å²) in [6.45, 7) is 0.175. The number of hydrogen-bond acceptors (Lipinski definition) is 4. The molecular formula is C25H27FN2O3S. The van der Waals surface area contributed by atoms with E-state index in [1.807, 2.05) is 17.5 Å². The number of benzene rings is 1. The third kappa shape index (κ3) is 5.65. The molecule has 0 aliphatic heterocycles. The van der Waals surface area contributed by atoms with Crippen molar-refractivity contribution < 1.29 is 18.4 Å². The highest BCUT2D eigenvalue weighted by atomic mass is 32.1. The first-order valence-corrected chi connectivity index (χ1v) is 11.9. The van der Waals surface area contributed by atoms with Gasteiger partial charge in [0.1, 0.15) is 11.6 Å². The van der Waals surface area contributed by atoms with E-state index in [4.69, 9.17) is 4.42 Å². The van der Waals surface area contributed by atoms with Crippen LogP contribution in [0.4, 0.5) is 4.39 Å². The molecule has 0 saturated heterocycles. The van der Waals surface area contributed by atoms with Crippen molar-refractivity contribution in [2.45, 2.75) is 57.2 Å². The van der Waals surface area contributed by atoms with Crippen molar-refractivity contribution in [2.75, 3.05) is 0 Å².